The van der Waals surface area contributed by atoms with Crippen LogP contribution in [0.15, 0.2) is 34.8 Å². The molecule has 0 spiro atoms. The Balaban J connectivity index is 2.19. The van der Waals surface area contributed by atoms with Crippen molar-refractivity contribution in [2.24, 2.45) is 0 Å². The van der Waals surface area contributed by atoms with E-state index in [1.165, 1.54) is 18.2 Å². The molecule has 17 heavy (non-hydrogen) atoms. The lowest BCUT2D eigenvalue weighted by Gasteiger charge is -2.06. The van der Waals surface area contributed by atoms with E-state index in [-0.39, 0.29) is 5.82 Å². The van der Waals surface area contributed by atoms with Gasteiger partial charge in [0.2, 0.25) is 5.88 Å². The number of rotatable bonds is 3. The van der Waals surface area contributed by atoms with Crippen LogP contribution in [0.5, 0.6) is 11.6 Å². The van der Waals surface area contributed by atoms with Gasteiger partial charge in [-0.3, -0.25) is 0 Å². The zero-order valence-corrected chi connectivity index (χ0v) is 10.9. The summed E-state index contributed by atoms with van der Waals surface area (Å²) in [6.07, 6.45) is 0. The summed E-state index contributed by atoms with van der Waals surface area (Å²) in [5.41, 5.74) is 0.664. The second kappa shape index (κ2) is 5.42. The van der Waals surface area contributed by atoms with Gasteiger partial charge in [0, 0.05) is 6.07 Å². The summed E-state index contributed by atoms with van der Waals surface area (Å²) in [4.78, 5) is 0. The van der Waals surface area contributed by atoms with Crippen molar-refractivity contribution in [2.75, 3.05) is 0 Å². The Morgan fingerprint density at radius 2 is 2.06 bits per heavy atom. The van der Waals surface area contributed by atoms with Crippen molar-refractivity contribution in [1.29, 1.82) is 0 Å². The molecule has 1 heterocycles. The van der Waals surface area contributed by atoms with Crippen LogP contribution in [0.4, 0.5) is 4.39 Å². The smallest absolute Gasteiger partial charge is 0.238 e. The fourth-order valence-electron chi connectivity index (χ4n) is 1.14. The normalized spacial score (nSPS) is 10.3. The van der Waals surface area contributed by atoms with Gasteiger partial charge in [-0.05, 0) is 40.2 Å². The van der Waals surface area contributed by atoms with Gasteiger partial charge in [-0.2, -0.15) is 5.10 Å². The zero-order chi connectivity index (χ0) is 12.3. The number of ether oxygens (including phenoxy) is 1. The molecule has 0 radical (unpaired) electrons. The molecular weight excluding hydrogens is 310 g/mol. The maximum atomic E-state index is 12.9. The highest BCUT2D eigenvalue weighted by molar-refractivity contribution is 9.10. The van der Waals surface area contributed by atoms with Crippen LogP contribution in [0.3, 0.4) is 0 Å². The van der Waals surface area contributed by atoms with E-state index in [1.54, 1.807) is 12.1 Å². The van der Waals surface area contributed by atoms with Crippen molar-refractivity contribution in [1.82, 2.24) is 10.2 Å². The molecule has 2 rings (SSSR count). The molecule has 6 heteroatoms. The third-order valence-corrected chi connectivity index (χ3v) is 2.83. The van der Waals surface area contributed by atoms with E-state index >= 15 is 0 Å². The number of halogens is 3. The average molecular weight is 318 g/mol. The van der Waals surface area contributed by atoms with Crippen LogP contribution in [0.25, 0.3) is 0 Å². The Labute approximate surface area is 111 Å². The fraction of sp³-hybridized carbons (Fsp3) is 0.0909. The number of aromatic nitrogens is 2. The van der Waals surface area contributed by atoms with Crippen LogP contribution in [0.1, 0.15) is 5.69 Å². The summed E-state index contributed by atoms with van der Waals surface area (Å²) in [7, 11) is 0. The second-order valence-electron chi connectivity index (χ2n) is 3.17. The number of hydrogen-bond acceptors (Lipinski definition) is 3. The van der Waals surface area contributed by atoms with Gasteiger partial charge in [-0.1, -0.05) is 0 Å². The van der Waals surface area contributed by atoms with Crippen molar-refractivity contribution in [3.05, 3.63) is 46.3 Å². The monoisotopic (exact) mass is 316 g/mol. The van der Waals surface area contributed by atoms with Crippen LogP contribution < -0.4 is 4.74 Å². The van der Waals surface area contributed by atoms with Gasteiger partial charge in [0.1, 0.15) is 11.6 Å². The first-order valence-electron chi connectivity index (χ1n) is 4.70. The van der Waals surface area contributed by atoms with Gasteiger partial charge in [-0.15, -0.1) is 16.7 Å². The molecule has 0 bridgehead atoms. The first kappa shape index (κ1) is 12.3. The number of nitrogens with zero attached hydrogens (tertiary/aromatic N) is 2. The van der Waals surface area contributed by atoms with Crippen LogP contribution in [0, 0.1) is 5.82 Å². The lowest BCUT2D eigenvalue weighted by atomic mass is 10.3. The predicted octanol–water partition coefficient (Wildman–Crippen LogP) is 3.91. The molecule has 88 valence electrons. The highest BCUT2D eigenvalue weighted by Crippen LogP contribution is 2.28. The molecule has 0 saturated heterocycles. The van der Waals surface area contributed by atoms with Gasteiger partial charge in [0.05, 0.1) is 16.0 Å². The van der Waals surface area contributed by atoms with Gasteiger partial charge >= 0.3 is 0 Å². The number of alkyl halides is 1. The van der Waals surface area contributed by atoms with Crippen molar-refractivity contribution >= 4 is 27.5 Å². The van der Waals surface area contributed by atoms with Crippen LogP contribution in [0.2, 0.25) is 0 Å². The summed E-state index contributed by atoms with van der Waals surface area (Å²) >= 11 is 8.79. The summed E-state index contributed by atoms with van der Waals surface area (Å²) < 4.78 is 18.8. The highest BCUT2D eigenvalue weighted by Gasteiger charge is 2.05. The SMILES string of the molecule is Fc1ccc(Oc2ccc(CCl)nn2)c(Br)c1. The van der Waals surface area contributed by atoms with E-state index in [0.29, 0.717) is 27.7 Å². The predicted molar refractivity (Wildman–Crippen MR) is 65.8 cm³/mol. The standard InChI is InChI=1S/C11H7BrClFN2O/c12-9-5-7(14)1-3-10(9)17-11-4-2-8(6-13)15-16-11/h1-5H,6H2. The minimum absolute atomic E-state index is 0.299. The largest absolute Gasteiger partial charge is 0.436 e. The Morgan fingerprint density at radius 3 is 2.65 bits per heavy atom. The van der Waals surface area contributed by atoms with Crippen molar-refractivity contribution in [3.63, 3.8) is 0 Å². The van der Waals surface area contributed by atoms with E-state index < -0.39 is 0 Å². The molecule has 0 unspecified atom stereocenters. The van der Waals surface area contributed by atoms with Gasteiger partial charge in [0.15, 0.2) is 0 Å². The molecule has 0 aliphatic rings. The molecule has 1 aromatic heterocycles. The fourth-order valence-corrected chi connectivity index (χ4v) is 1.72. The van der Waals surface area contributed by atoms with E-state index in [9.17, 15) is 4.39 Å². The second-order valence-corrected chi connectivity index (χ2v) is 4.29. The van der Waals surface area contributed by atoms with Crippen LogP contribution in [-0.2, 0) is 5.88 Å². The first-order valence-corrected chi connectivity index (χ1v) is 6.03. The lowest BCUT2D eigenvalue weighted by Crippen LogP contribution is -1.94. The number of benzene rings is 1. The van der Waals surface area contributed by atoms with Crippen molar-refractivity contribution < 1.29 is 9.13 Å². The Kier molecular flexibility index (Phi) is 3.91. The van der Waals surface area contributed by atoms with Crippen molar-refractivity contribution in [2.45, 2.75) is 5.88 Å². The lowest BCUT2D eigenvalue weighted by molar-refractivity contribution is 0.450. The van der Waals surface area contributed by atoms with Gasteiger partial charge in [0.25, 0.3) is 0 Å². The first-order chi connectivity index (χ1) is 8.19. The van der Waals surface area contributed by atoms with Crippen LogP contribution >= 0.6 is 27.5 Å². The van der Waals surface area contributed by atoms with Gasteiger partial charge < -0.3 is 4.74 Å². The molecule has 0 saturated carbocycles. The molecule has 0 fully saturated rings. The summed E-state index contributed by atoms with van der Waals surface area (Å²) in [5.74, 6) is 0.756. The maximum absolute atomic E-state index is 12.9. The average Bonchev–Trinajstić information content (AvgIpc) is 2.34. The minimum atomic E-state index is -0.340. The topological polar surface area (TPSA) is 35.0 Å². The summed E-state index contributed by atoms with van der Waals surface area (Å²) in [6, 6.07) is 7.50. The maximum Gasteiger partial charge on any atom is 0.238 e. The quantitative estimate of drug-likeness (QED) is 0.805. The molecular formula is C11H7BrClFN2O. The Bertz CT molecular complexity index is 521. The van der Waals surface area contributed by atoms with E-state index in [1.807, 2.05) is 0 Å². The van der Waals surface area contributed by atoms with E-state index in [0.717, 1.165) is 0 Å². The molecule has 3 nitrogen and oxygen atoms in total. The summed E-state index contributed by atoms with van der Waals surface area (Å²) in [6.45, 7) is 0. The molecule has 0 N–H and O–H groups in total. The third kappa shape index (κ3) is 3.14. The summed E-state index contributed by atoms with van der Waals surface area (Å²) in [5, 5.41) is 7.68. The van der Waals surface area contributed by atoms with Crippen LogP contribution in [-0.4, -0.2) is 10.2 Å². The molecule has 0 aliphatic heterocycles. The zero-order valence-electron chi connectivity index (χ0n) is 8.53. The molecule has 1 aromatic carbocycles. The Hall–Kier alpha value is -1.20. The molecule has 0 atom stereocenters. The highest BCUT2D eigenvalue weighted by atomic mass is 79.9. The molecule has 0 amide bonds. The van der Waals surface area contributed by atoms with E-state index in [4.69, 9.17) is 16.3 Å². The van der Waals surface area contributed by atoms with Gasteiger partial charge in [-0.25, -0.2) is 4.39 Å². The Morgan fingerprint density at radius 1 is 1.24 bits per heavy atom. The molecule has 2 aromatic rings. The van der Waals surface area contributed by atoms with Crippen molar-refractivity contribution in [3.8, 4) is 11.6 Å². The minimum Gasteiger partial charge on any atom is -0.436 e. The number of hydrogen-bond donors (Lipinski definition) is 0. The van der Waals surface area contributed by atoms with E-state index in [2.05, 4.69) is 26.1 Å². The molecule has 0 aliphatic carbocycles. The third-order valence-electron chi connectivity index (χ3n) is 1.94.